The zero-order valence-electron chi connectivity index (χ0n) is 12.9. The SMILES string of the molecule is CN[C@H]1C[C@H](C(=O)Nc2ncc([C@@H]3CCCC[C@H]3C)s2)C1. The van der Waals surface area contributed by atoms with Crippen molar-refractivity contribution in [3.63, 3.8) is 0 Å². The van der Waals surface area contributed by atoms with Crippen LogP contribution in [0, 0.1) is 11.8 Å². The first-order valence-corrected chi connectivity index (χ1v) is 8.93. The van der Waals surface area contributed by atoms with E-state index >= 15 is 0 Å². The molecule has 0 aromatic carbocycles. The summed E-state index contributed by atoms with van der Waals surface area (Å²) in [4.78, 5) is 17.9. The highest BCUT2D eigenvalue weighted by Gasteiger charge is 2.34. The van der Waals surface area contributed by atoms with Crippen LogP contribution in [-0.4, -0.2) is 24.0 Å². The average Bonchev–Trinajstić information content (AvgIpc) is 2.86. The van der Waals surface area contributed by atoms with Gasteiger partial charge in [0.1, 0.15) is 0 Å². The molecule has 21 heavy (non-hydrogen) atoms. The van der Waals surface area contributed by atoms with E-state index in [2.05, 4.69) is 22.5 Å². The molecule has 0 bridgehead atoms. The van der Waals surface area contributed by atoms with Gasteiger partial charge in [0, 0.05) is 23.0 Å². The second-order valence-electron chi connectivity index (χ2n) is 6.58. The highest BCUT2D eigenvalue weighted by atomic mass is 32.1. The first-order chi connectivity index (χ1) is 10.2. The normalized spacial score (nSPS) is 32.5. The van der Waals surface area contributed by atoms with E-state index in [-0.39, 0.29) is 11.8 Å². The van der Waals surface area contributed by atoms with Crippen LogP contribution in [0.4, 0.5) is 5.13 Å². The number of hydrogen-bond donors (Lipinski definition) is 2. The van der Waals surface area contributed by atoms with Crippen LogP contribution in [0.25, 0.3) is 0 Å². The molecule has 0 spiro atoms. The largest absolute Gasteiger partial charge is 0.317 e. The summed E-state index contributed by atoms with van der Waals surface area (Å²) in [5, 5.41) is 6.99. The van der Waals surface area contributed by atoms with Crippen LogP contribution in [0.5, 0.6) is 0 Å². The van der Waals surface area contributed by atoms with E-state index in [0.29, 0.717) is 12.0 Å². The maximum Gasteiger partial charge on any atom is 0.229 e. The molecule has 0 aliphatic heterocycles. The first kappa shape index (κ1) is 15.0. The summed E-state index contributed by atoms with van der Waals surface area (Å²) in [6.07, 6.45) is 9.13. The second kappa shape index (κ2) is 6.44. The molecule has 4 nitrogen and oxygen atoms in total. The Balaban J connectivity index is 1.56. The minimum absolute atomic E-state index is 0.138. The molecule has 2 atom stereocenters. The molecule has 0 unspecified atom stereocenters. The molecule has 1 aromatic rings. The third-order valence-electron chi connectivity index (χ3n) is 5.15. The van der Waals surface area contributed by atoms with Crippen LogP contribution in [0.1, 0.15) is 56.2 Å². The molecule has 2 aliphatic rings. The first-order valence-electron chi connectivity index (χ1n) is 8.11. The van der Waals surface area contributed by atoms with Gasteiger partial charge in [-0.1, -0.05) is 26.2 Å². The lowest BCUT2D eigenvalue weighted by molar-refractivity contribution is -0.122. The van der Waals surface area contributed by atoms with E-state index in [0.717, 1.165) is 23.9 Å². The van der Waals surface area contributed by atoms with Crippen LogP contribution in [0.3, 0.4) is 0 Å². The number of aromatic nitrogens is 1. The molecule has 2 fully saturated rings. The van der Waals surface area contributed by atoms with Gasteiger partial charge in [-0.3, -0.25) is 4.79 Å². The lowest BCUT2D eigenvalue weighted by Gasteiger charge is -2.33. The van der Waals surface area contributed by atoms with Crippen LogP contribution in [-0.2, 0) is 4.79 Å². The number of anilines is 1. The smallest absolute Gasteiger partial charge is 0.229 e. The van der Waals surface area contributed by atoms with Gasteiger partial charge in [0.25, 0.3) is 0 Å². The van der Waals surface area contributed by atoms with Crippen LogP contribution >= 0.6 is 11.3 Å². The Bertz CT molecular complexity index is 495. The van der Waals surface area contributed by atoms with Gasteiger partial charge in [-0.25, -0.2) is 4.98 Å². The van der Waals surface area contributed by atoms with Crippen molar-refractivity contribution in [2.24, 2.45) is 11.8 Å². The molecule has 0 saturated heterocycles. The highest BCUT2D eigenvalue weighted by molar-refractivity contribution is 7.15. The fourth-order valence-corrected chi connectivity index (χ4v) is 4.62. The Kier molecular flexibility index (Phi) is 4.60. The van der Waals surface area contributed by atoms with Gasteiger partial charge in [-0.15, -0.1) is 11.3 Å². The average molecular weight is 307 g/mol. The Morgan fingerprint density at radius 2 is 2.10 bits per heavy atom. The Labute approximate surface area is 130 Å². The van der Waals surface area contributed by atoms with Crippen molar-refractivity contribution in [1.29, 1.82) is 0 Å². The second-order valence-corrected chi connectivity index (χ2v) is 7.64. The Hall–Kier alpha value is -0.940. The molecule has 116 valence electrons. The highest BCUT2D eigenvalue weighted by Crippen LogP contribution is 2.40. The van der Waals surface area contributed by atoms with Crippen molar-refractivity contribution in [2.75, 3.05) is 12.4 Å². The summed E-state index contributed by atoms with van der Waals surface area (Å²) >= 11 is 1.67. The van der Waals surface area contributed by atoms with Crippen molar-refractivity contribution in [2.45, 2.75) is 57.4 Å². The van der Waals surface area contributed by atoms with E-state index in [4.69, 9.17) is 0 Å². The molecule has 3 rings (SSSR count). The minimum atomic E-state index is 0.138. The van der Waals surface area contributed by atoms with Gasteiger partial charge in [0.05, 0.1) is 0 Å². The zero-order valence-corrected chi connectivity index (χ0v) is 13.7. The molecule has 1 aromatic heterocycles. The summed E-state index contributed by atoms with van der Waals surface area (Å²) in [5.41, 5.74) is 0. The lowest BCUT2D eigenvalue weighted by atomic mass is 9.80. The summed E-state index contributed by atoms with van der Waals surface area (Å²) < 4.78 is 0. The van der Waals surface area contributed by atoms with Gasteiger partial charge in [-0.2, -0.15) is 0 Å². The van der Waals surface area contributed by atoms with Gasteiger partial charge >= 0.3 is 0 Å². The third-order valence-corrected chi connectivity index (χ3v) is 6.19. The van der Waals surface area contributed by atoms with Crippen LogP contribution in [0.15, 0.2) is 6.20 Å². The van der Waals surface area contributed by atoms with Crippen molar-refractivity contribution < 1.29 is 4.79 Å². The fourth-order valence-electron chi connectivity index (χ4n) is 3.53. The quantitative estimate of drug-likeness (QED) is 0.896. The van der Waals surface area contributed by atoms with Gasteiger partial charge in [0.15, 0.2) is 5.13 Å². The number of nitrogens with zero attached hydrogens (tertiary/aromatic N) is 1. The monoisotopic (exact) mass is 307 g/mol. The minimum Gasteiger partial charge on any atom is -0.317 e. The maximum absolute atomic E-state index is 12.1. The van der Waals surface area contributed by atoms with Crippen LogP contribution in [0.2, 0.25) is 0 Å². The Morgan fingerprint density at radius 1 is 1.33 bits per heavy atom. The van der Waals surface area contributed by atoms with E-state index in [1.165, 1.54) is 30.6 Å². The molecular weight excluding hydrogens is 282 g/mol. The van der Waals surface area contributed by atoms with Crippen LogP contribution < -0.4 is 10.6 Å². The summed E-state index contributed by atoms with van der Waals surface area (Å²) in [5.74, 6) is 1.67. The van der Waals surface area contributed by atoms with Crippen molar-refractivity contribution in [1.82, 2.24) is 10.3 Å². The Morgan fingerprint density at radius 3 is 2.81 bits per heavy atom. The lowest BCUT2D eigenvalue weighted by Crippen LogP contribution is -2.44. The van der Waals surface area contributed by atoms with E-state index in [1.807, 2.05) is 13.2 Å². The number of thiazole rings is 1. The predicted molar refractivity (Wildman–Crippen MR) is 86.7 cm³/mol. The molecule has 1 heterocycles. The summed E-state index contributed by atoms with van der Waals surface area (Å²) in [6.45, 7) is 2.34. The molecule has 2 aliphatic carbocycles. The number of rotatable bonds is 4. The number of amides is 1. The van der Waals surface area contributed by atoms with Gasteiger partial charge in [-0.05, 0) is 38.1 Å². The van der Waals surface area contributed by atoms with Crippen molar-refractivity contribution in [3.8, 4) is 0 Å². The number of carbonyl (C=O) groups excluding carboxylic acids is 1. The standard InChI is InChI=1S/C16H25N3OS/c1-10-5-3-4-6-13(10)14-9-18-16(21-14)19-15(20)11-7-12(8-11)17-2/h9-13,17H,3-8H2,1-2H3,(H,18,19,20)/t10-,11-,12-,13-/m1/s1. The maximum atomic E-state index is 12.1. The predicted octanol–water partition coefficient (Wildman–Crippen LogP) is 3.37. The summed E-state index contributed by atoms with van der Waals surface area (Å²) in [7, 11) is 1.96. The van der Waals surface area contributed by atoms with Gasteiger partial charge in [0.2, 0.25) is 5.91 Å². The molecule has 2 N–H and O–H groups in total. The van der Waals surface area contributed by atoms with Crippen molar-refractivity contribution >= 4 is 22.4 Å². The molecule has 5 heteroatoms. The van der Waals surface area contributed by atoms with E-state index in [9.17, 15) is 4.79 Å². The van der Waals surface area contributed by atoms with Gasteiger partial charge < -0.3 is 10.6 Å². The molecule has 1 amide bonds. The van der Waals surface area contributed by atoms with Crippen molar-refractivity contribution in [3.05, 3.63) is 11.1 Å². The molecule has 2 saturated carbocycles. The number of nitrogens with one attached hydrogen (secondary N) is 2. The number of carbonyl (C=O) groups is 1. The van der Waals surface area contributed by atoms with E-state index < -0.39 is 0 Å². The number of hydrogen-bond acceptors (Lipinski definition) is 4. The fraction of sp³-hybridized carbons (Fsp3) is 0.750. The molecular formula is C16H25N3OS. The van der Waals surface area contributed by atoms with E-state index in [1.54, 1.807) is 11.3 Å². The zero-order chi connectivity index (χ0) is 14.8. The third kappa shape index (κ3) is 3.29. The summed E-state index contributed by atoms with van der Waals surface area (Å²) in [6, 6.07) is 0.510. The molecule has 0 radical (unpaired) electrons. The topological polar surface area (TPSA) is 54.0 Å².